The molecule has 1 unspecified atom stereocenters. The minimum atomic E-state index is -0.332. The van der Waals surface area contributed by atoms with E-state index in [1.165, 1.54) is 12.8 Å². The van der Waals surface area contributed by atoms with Crippen LogP contribution in [0.3, 0.4) is 0 Å². The molecule has 0 spiro atoms. The second-order valence-corrected chi connectivity index (χ2v) is 6.19. The maximum Gasteiger partial charge on any atom is 0.269 e. The van der Waals surface area contributed by atoms with Gasteiger partial charge in [0.2, 0.25) is 0 Å². The normalized spacial score (nSPS) is 18.8. The summed E-state index contributed by atoms with van der Waals surface area (Å²) in [5.41, 5.74) is 2.25. The smallest absolute Gasteiger partial charge is 0.269 e. The van der Waals surface area contributed by atoms with E-state index in [0.717, 1.165) is 30.9 Å². The molecule has 2 rings (SSSR count). The van der Waals surface area contributed by atoms with E-state index in [4.69, 9.17) is 0 Å². The van der Waals surface area contributed by atoms with Crippen molar-refractivity contribution in [3.63, 3.8) is 0 Å². The molecule has 5 heteroatoms. The van der Waals surface area contributed by atoms with Crippen molar-refractivity contribution >= 4 is 11.4 Å². The molecule has 0 aromatic heterocycles. The zero-order valence-corrected chi connectivity index (χ0v) is 13.1. The lowest BCUT2D eigenvalue weighted by atomic mass is 9.97. The first-order valence-corrected chi connectivity index (χ1v) is 7.71. The Morgan fingerprint density at radius 1 is 1.48 bits per heavy atom. The monoisotopic (exact) mass is 291 g/mol. The summed E-state index contributed by atoms with van der Waals surface area (Å²) in [4.78, 5) is 12.9. The highest BCUT2D eigenvalue weighted by molar-refractivity contribution is 5.58. The molecule has 0 saturated carbocycles. The molecular weight excluding hydrogens is 266 g/mol. The van der Waals surface area contributed by atoms with E-state index >= 15 is 0 Å². The Bertz CT molecular complexity index is 496. The van der Waals surface area contributed by atoms with Crippen LogP contribution in [0, 0.1) is 23.0 Å². The van der Waals surface area contributed by atoms with E-state index in [2.05, 4.69) is 24.1 Å². The van der Waals surface area contributed by atoms with Gasteiger partial charge < -0.3 is 10.2 Å². The standard InChI is InChI=1S/C16H25N3O2/c1-12(2)18(11-14-5-4-8-17-10-14)16-7-6-15(19(20)21)9-13(16)3/h6-7,9,12,14,17H,4-5,8,10-11H2,1-3H3. The Labute approximate surface area is 126 Å². The third-order valence-electron chi connectivity index (χ3n) is 4.18. The molecule has 1 fully saturated rings. The van der Waals surface area contributed by atoms with Gasteiger partial charge in [-0.3, -0.25) is 10.1 Å². The summed E-state index contributed by atoms with van der Waals surface area (Å²) in [5.74, 6) is 0.649. The van der Waals surface area contributed by atoms with Crippen LogP contribution in [-0.4, -0.2) is 30.6 Å². The lowest BCUT2D eigenvalue weighted by Crippen LogP contribution is -2.41. The van der Waals surface area contributed by atoms with Gasteiger partial charge in [0, 0.05) is 30.4 Å². The number of non-ortho nitro benzene ring substituents is 1. The molecule has 1 aromatic rings. The number of rotatable bonds is 5. The number of nitro benzene ring substituents is 1. The number of nitrogens with one attached hydrogen (secondary N) is 1. The zero-order valence-electron chi connectivity index (χ0n) is 13.1. The highest BCUT2D eigenvalue weighted by Crippen LogP contribution is 2.28. The van der Waals surface area contributed by atoms with Gasteiger partial charge in [0.1, 0.15) is 0 Å². The summed E-state index contributed by atoms with van der Waals surface area (Å²) in [5, 5.41) is 14.3. The fourth-order valence-electron chi connectivity index (χ4n) is 3.02. The third kappa shape index (κ3) is 3.94. The molecule has 0 bridgehead atoms. The maximum atomic E-state index is 10.9. The Kier molecular flexibility index (Phi) is 5.17. The number of anilines is 1. The molecule has 1 aliphatic rings. The average Bonchev–Trinajstić information content (AvgIpc) is 2.46. The molecule has 0 amide bonds. The molecule has 116 valence electrons. The Balaban J connectivity index is 2.19. The van der Waals surface area contributed by atoms with Crippen LogP contribution in [0.15, 0.2) is 18.2 Å². The molecule has 1 saturated heterocycles. The number of hydrogen-bond acceptors (Lipinski definition) is 4. The molecule has 1 aromatic carbocycles. The fraction of sp³-hybridized carbons (Fsp3) is 0.625. The van der Waals surface area contributed by atoms with Crippen LogP contribution in [0.25, 0.3) is 0 Å². The predicted octanol–water partition coefficient (Wildman–Crippen LogP) is 3.12. The highest BCUT2D eigenvalue weighted by Gasteiger charge is 2.21. The second kappa shape index (κ2) is 6.89. The van der Waals surface area contributed by atoms with Crippen molar-refractivity contribution in [2.45, 2.75) is 39.7 Å². The van der Waals surface area contributed by atoms with Crippen LogP contribution in [0.5, 0.6) is 0 Å². The van der Waals surface area contributed by atoms with E-state index in [0.29, 0.717) is 12.0 Å². The van der Waals surface area contributed by atoms with Gasteiger partial charge in [-0.05, 0) is 64.3 Å². The van der Waals surface area contributed by atoms with Gasteiger partial charge in [-0.1, -0.05) is 0 Å². The summed E-state index contributed by atoms with van der Waals surface area (Å²) in [6.45, 7) is 9.50. The van der Waals surface area contributed by atoms with Crippen molar-refractivity contribution in [1.29, 1.82) is 0 Å². The first-order valence-electron chi connectivity index (χ1n) is 7.71. The number of piperidine rings is 1. The molecule has 0 aliphatic carbocycles. The van der Waals surface area contributed by atoms with E-state index in [1.54, 1.807) is 12.1 Å². The van der Waals surface area contributed by atoms with Crippen LogP contribution in [-0.2, 0) is 0 Å². The highest BCUT2D eigenvalue weighted by atomic mass is 16.6. The first-order chi connectivity index (χ1) is 9.99. The van der Waals surface area contributed by atoms with E-state index in [-0.39, 0.29) is 10.6 Å². The number of benzene rings is 1. The second-order valence-electron chi connectivity index (χ2n) is 6.19. The van der Waals surface area contributed by atoms with E-state index < -0.39 is 0 Å². The van der Waals surface area contributed by atoms with E-state index in [1.807, 2.05) is 13.0 Å². The molecule has 1 N–H and O–H groups in total. The van der Waals surface area contributed by atoms with Crippen LogP contribution < -0.4 is 10.2 Å². The minimum Gasteiger partial charge on any atom is -0.369 e. The summed E-state index contributed by atoms with van der Waals surface area (Å²) in [6.07, 6.45) is 2.48. The van der Waals surface area contributed by atoms with Crippen molar-refractivity contribution in [2.75, 3.05) is 24.5 Å². The molecule has 21 heavy (non-hydrogen) atoms. The van der Waals surface area contributed by atoms with Crippen LogP contribution in [0.4, 0.5) is 11.4 Å². The van der Waals surface area contributed by atoms with Gasteiger partial charge in [0.25, 0.3) is 5.69 Å². The van der Waals surface area contributed by atoms with Gasteiger partial charge >= 0.3 is 0 Å². The van der Waals surface area contributed by atoms with Crippen LogP contribution >= 0.6 is 0 Å². The Hall–Kier alpha value is -1.62. The van der Waals surface area contributed by atoms with Crippen molar-refractivity contribution in [2.24, 2.45) is 5.92 Å². The third-order valence-corrected chi connectivity index (χ3v) is 4.18. The maximum absolute atomic E-state index is 10.9. The fourth-order valence-corrected chi connectivity index (χ4v) is 3.02. The van der Waals surface area contributed by atoms with Crippen molar-refractivity contribution in [1.82, 2.24) is 5.32 Å². The lowest BCUT2D eigenvalue weighted by molar-refractivity contribution is -0.384. The number of aryl methyl sites for hydroxylation is 1. The Morgan fingerprint density at radius 2 is 2.24 bits per heavy atom. The van der Waals surface area contributed by atoms with Gasteiger partial charge in [-0.2, -0.15) is 0 Å². The summed E-state index contributed by atoms with van der Waals surface area (Å²) >= 11 is 0. The summed E-state index contributed by atoms with van der Waals surface area (Å²) in [6, 6.07) is 5.55. The molecule has 1 atom stereocenters. The SMILES string of the molecule is Cc1cc([N+](=O)[O-])ccc1N(CC1CCCNC1)C(C)C. The van der Waals surface area contributed by atoms with Gasteiger partial charge in [-0.25, -0.2) is 0 Å². The minimum absolute atomic E-state index is 0.166. The first kappa shape index (κ1) is 15.8. The quantitative estimate of drug-likeness (QED) is 0.669. The van der Waals surface area contributed by atoms with Gasteiger partial charge in [0.15, 0.2) is 0 Å². The topological polar surface area (TPSA) is 58.4 Å². The van der Waals surface area contributed by atoms with Crippen molar-refractivity contribution in [3.05, 3.63) is 33.9 Å². The summed E-state index contributed by atoms with van der Waals surface area (Å²) < 4.78 is 0. The molecule has 0 radical (unpaired) electrons. The lowest BCUT2D eigenvalue weighted by Gasteiger charge is -2.35. The molecule has 5 nitrogen and oxygen atoms in total. The van der Waals surface area contributed by atoms with Gasteiger partial charge in [0.05, 0.1) is 4.92 Å². The predicted molar refractivity (Wildman–Crippen MR) is 85.9 cm³/mol. The largest absolute Gasteiger partial charge is 0.369 e. The number of nitrogens with zero attached hydrogens (tertiary/aromatic N) is 2. The zero-order chi connectivity index (χ0) is 15.4. The van der Waals surface area contributed by atoms with Gasteiger partial charge in [-0.15, -0.1) is 0 Å². The average molecular weight is 291 g/mol. The molecular formula is C16H25N3O2. The van der Waals surface area contributed by atoms with Crippen LogP contribution in [0.1, 0.15) is 32.3 Å². The van der Waals surface area contributed by atoms with Crippen molar-refractivity contribution in [3.8, 4) is 0 Å². The van der Waals surface area contributed by atoms with E-state index in [9.17, 15) is 10.1 Å². The van der Waals surface area contributed by atoms with Crippen LogP contribution in [0.2, 0.25) is 0 Å². The Morgan fingerprint density at radius 3 is 2.76 bits per heavy atom. The molecule has 1 aliphatic heterocycles. The van der Waals surface area contributed by atoms with Crippen molar-refractivity contribution < 1.29 is 4.92 Å². The number of hydrogen-bond donors (Lipinski definition) is 1. The number of nitro groups is 1. The summed E-state index contributed by atoms with van der Waals surface area (Å²) in [7, 11) is 0. The molecule has 1 heterocycles.